The standard InChI is InChI=1S/C15H23BN6O3.ClH/c17-13(8-4-5-9-16(24)25)15-19-20-21-22(15)11-14(23)18-10-12-6-2-1-3-7-12;/h1-3,6-7,13,24-25H,4-5,8-11,17H2,(H,18,23);1H. The number of carbonyl (C=O) groups excluding carboxylic acids is 1. The van der Waals surface area contributed by atoms with E-state index in [0.29, 0.717) is 38.0 Å². The maximum absolute atomic E-state index is 12.1. The highest BCUT2D eigenvalue weighted by molar-refractivity contribution is 6.40. The number of hydrogen-bond acceptors (Lipinski definition) is 7. The van der Waals surface area contributed by atoms with Crippen LogP contribution in [0.2, 0.25) is 6.32 Å². The number of unbranched alkanes of at least 4 members (excludes halogenated alkanes) is 1. The lowest BCUT2D eigenvalue weighted by atomic mass is 9.83. The number of aromatic nitrogens is 4. The quantitative estimate of drug-likeness (QED) is 0.336. The van der Waals surface area contributed by atoms with Gasteiger partial charge in [-0.15, -0.1) is 17.5 Å². The summed E-state index contributed by atoms with van der Waals surface area (Å²) in [5.41, 5.74) is 7.09. The first-order valence-electron chi connectivity index (χ1n) is 8.24. The van der Waals surface area contributed by atoms with Crippen molar-refractivity contribution in [1.29, 1.82) is 0 Å². The van der Waals surface area contributed by atoms with Gasteiger partial charge in [0, 0.05) is 6.54 Å². The van der Waals surface area contributed by atoms with Crippen LogP contribution in [0.15, 0.2) is 30.3 Å². The van der Waals surface area contributed by atoms with Crippen LogP contribution in [0.4, 0.5) is 0 Å². The summed E-state index contributed by atoms with van der Waals surface area (Å²) < 4.78 is 1.39. The topological polar surface area (TPSA) is 139 Å². The fourth-order valence-corrected chi connectivity index (χ4v) is 2.40. The van der Waals surface area contributed by atoms with Crippen LogP contribution in [-0.2, 0) is 17.9 Å². The molecule has 142 valence electrons. The van der Waals surface area contributed by atoms with E-state index in [4.69, 9.17) is 15.8 Å². The molecule has 0 saturated carbocycles. The number of amides is 1. The minimum atomic E-state index is -1.30. The number of nitrogens with zero attached hydrogens (tertiary/aromatic N) is 4. The van der Waals surface area contributed by atoms with Crippen molar-refractivity contribution in [3.8, 4) is 0 Å². The summed E-state index contributed by atoms with van der Waals surface area (Å²) in [7, 11) is -1.30. The molecule has 0 aliphatic carbocycles. The molecular formula is C15H24BClN6O3. The largest absolute Gasteiger partial charge is 0.451 e. The monoisotopic (exact) mass is 382 g/mol. The molecule has 0 saturated heterocycles. The van der Waals surface area contributed by atoms with Gasteiger partial charge in [-0.1, -0.05) is 43.2 Å². The Morgan fingerprint density at radius 2 is 2.00 bits per heavy atom. The molecule has 0 fully saturated rings. The lowest BCUT2D eigenvalue weighted by Gasteiger charge is -2.11. The summed E-state index contributed by atoms with van der Waals surface area (Å²) in [6, 6.07) is 9.20. The van der Waals surface area contributed by atoms with E-state index in [1.54, 1.807) is 0 Å². The van der Waals surface area contributed by atoms with Crippen molar-refractivity contribution >= 4 is 25.4 Å². The van der Waals surface area contributed by atoms with Crippen LogP contribution < -0.4 is 11.1 Å². The van der Waals surface area contributed by atoms with Gasteiger partial charge >= 0.3 is 7.12 Å². The molecule has 0 aliphatic rings. The average molecular weight is 383 g/mol. The molecule has 1 heterocycles. The van der Waals surface area contributed by atoms with Crippen molar-refractivity contribution in [2.45, 2.75) is 44.7 Å². The summed E-state index contributed by atoms with van der Waals surface area (Å²) in [6.07, 6.45) is 2.26. The van der Waals surface area contributed by atoms with Crippen LogP contribution in [0.25, 0.3) is 0 Å². The predicted molar refractivity (Wildman–Crippen MR) is 99.1 cm³/mol. The second-order valence-electron chi connectivity index (χ2n) is 5.83. The van der Waals surface area contributed by atoms with Gasteiger partial charge in [0.1, 0.15) is 6.54 Å². The van der Waals surface area contributed by atoms with Gasteiger partial charge in [0.15, 0.2) is 5.82 Å². The van der Waals surface area contributed by atoms with Crippen LogP contribution in [0, 0.1) is 0 Å². The maximum atomic E-state index is 12.1. The molecule has 2 aromatic rings. The van der Waals surface area contributed by atoms with Crippen LogP contribution in [-0.4, -0.2) is 43.3 Å². The lowest BCUT2D eigenvalue weighted by Crippen LogP contribution is -2.29. The fraction of sp³-hybridized carbons (Fsp3) is 0.467. The predicted octanol–water partition coefficient (Wildman–Crippen LogP) is 0.0542. The Labute approximate surface area is 158 Å². The van der Waals surface area contributed by atoms with Gasteiger partial charge in [0.25, 0.3) is 0 Å². The van der Waals surface area contributed by atoms with Crippen molar-refractivity contribution in [1.82, 2.24) is 25.5 Å². The molecule has 1 aromatic carbocycles. The van der Waals surface area contributed by atoms with E-state index in [1.165, 1.54) is 4.68 Å². The third-order valence-electron chi connectivity index (χ3n) is 3.74. The lowest BCUT2D eigenvalue weighted by molar-refractivity contribution is -0.122. The Balaban J connectivity index is 0.00000338. The molecule has 9 nitrogen and oxygen atoms in total. The van der Waals surface area contributed by atoms with Gasteiger partial charge in [0.2, 0.25) is 5.91 Å². The molecule has 1 unspecified atom stereocenters. The Hall–Kier alpha value is -2.01. The van der Waals surface area contributed by atoms with Gasteiger partial charge in [0.05, 0.1) is 6.04 Å². The minimum Gasteiger partial charge on any atom is -0.427 e. The molecule has 0 aliphatic heterocycles. The van der Waals surface area contributed by atoms with Gasteiger partial charge in [-0.2, -0.15) is 0 Å². The average Bonchev–Trinajstić information content (AvgIpc) is 3.05. The Morgan fingerprint density at radius 1 is 1.27 bits per heavy atom. The zero-order valence-electron chi connectivity index (χ0n) is 14.4. The molecule has 11 heteroatoms. The summed E-state index contributed by atoms with van der Waals surface area (Å²) in [4.78, 5) is 12.1. The van der Waals surface area contributed by atoms with Crippen molar-refractivity contribution < 1.29 is 14.8 Å². The van der Waals surface area contributed by atoms with E-state index in [-0.39, 0.29) is 24.9 Å². The normalized spacial score (nSPS) is 11.5. The number of nitrogens with two attached hydrogens (primary N) is 1. The summed E-state index contributed by atoms with van der Waals surface area (Å²) in [6.45, 7) is 0.435. The van der Waals surface area contributed by atoms with E-state index in [2.05, 4.69) is 20.8 Å². The molecule has 0 radical (unpaired) electrons. The van der Waals surface area contributed by atoms with Gasteiger partial charge in [-0.05, 0) is 28.7 Å². The smallest absolute Gasteiger partial charge is 0.427 e. The number of benzene rings is 1. The third-order valence-corrected chi connectivity index (χ3v) is 3.74. The summed E-state index contributed by atoms with van der Waals surface area (Å²) in [5, 5.41) is 31.8. The maximum Gasteiger partial charge on any atom is 0.451 e. The molecule has 5 N–H and O–H groups in total. The molecular weight excluding hydrogens is 358 g/mol. The SMILES string of the molecule is Cl.NC(CCCCB(O)O)c1nnnn1CC(=O)NCc1ccccc1. The molecule has 1 aromatic heterocycles. The highest BCUT2D eigenvalue weighted by Crippen LogP contribution is 2.15. The zero-order chi connectivity index (χ0) is 18.1. The first-order valence-corrected chi connectivity index (χ1v) is 8.24. The third kappa shape index (κ3) is 7.48. The minimum absolute atomic E-state index is 0. The number of carbonyl (C=O) groups is 1. The van der Waals surface area contributed by atoms with Crippen molar-refractivity contribution in [3.63, 3.8) is 0 Å². The van der Waals surface area contributed by atoms with Crippen molar-refractivity contribution in [2.75, 3.05) is 0 Å². The molecule has 0 bridgehead atoms. The van der Waals surface area contributed by atoms with E-state index in [0.717, 1.165) is 5.56 Å². The Morgan fingerprint density at radius 3 is 2.69 bits per heavy atom. The second-order valence-corrected chi connectivity index (χ2v) is 5.83. The van der Waals surface area contributed by atoms with Gasteiger partial charge in [-0.25, -0.2) is 4.68 Å². The number of hydrogen-bond donors (Lipinski definition) is 4. The van der Waals surface area contributed by atoms with E-state index < -0.39 is 13.2 Å². The molecule has 26 heavy (non-hydrogen) atoms. The van der Waals surface area contributed by atoms with Gasteiger partial charge in [-0.3, -0.25) is 4.79 Å². The van der Waals surface area contributed by atoms with Crippen LogP contribution in [0.3, 0.4) is 0 Å². The van der Waals surface area contributed by atoms with Crippen LogP contribution >= 0.6 is 12.4 Å². The molecule has 0 spiro atoms. The molecule has 2 rings (SSSR count). The summed E-state index contributed by atoms with van der Waals surface area (Å²) in [5.74, 6) is 0.243. The zero-order valence-corrected chi connectivity index (χ0v) is 15.2. The Kier molecular flexibility index (Phi) is 9.81. The first kappa shape index (κ1) is 22.0. The highest BCUT2D eigenvalue weighted by Gasteiger charge is 2.17. The number of rotatable bonds is 10. The van der Waals surface area contributed by atoms with Crippen LogP contribution in [0.5, 0.6) is 0 Å². The second kappa shape index (κ2) is 11.6. The van der Waals surface area contributed by atoms with Gasteiger partial charge < -0.3 is 21.1 Å². The molecule has 1 amide bonds. The van der Waals surface area contributed by atoms with E-state index in [1.807, 2.05) is 30.3 Å². The Bertz CT molecular complexity index is 658. The van der Waals surface area contributed by atoms with Crippen molar-refractivity contribution in [3.05, 3.63) is 41.7 Å². The number of halogens is 1. The number of tetrazole rings is 1. The van der Waals surface area contributed by atoms with Crippen molar-refractivity contribution in [2.24, 2.45) is 5.73 Å². The van der Waals surface area contributed by atoms with Crippen LogP contribution in [0.1, 0.15) is 36.7 Å². The van der Waals surface area contributed by atoms with E-state index in [9.17, 15) is 4.79 Å². The summed E-state index contributed by atoms with van der Waals surface area (Å²) >= 11 is 0. The first-order chi connectivity index (χ1) is 12.1. The number of nitrogens with one attached hydrogen (secondary N) is 1. The molecule has 1 atom stereocenters. The fourth-order valence-electron chi connectivity index (χ4n) is 2.40. The highest BCUT2D eigenvalue weighted by atomic mass is 35.5. The van der Waals surface area contributed by atoms with E-state index >= 15 is 0 Å².